The highest BCUT2D eigenvalue weighted by Gasteiger charge is 2.21. The minimum atomic E-state index is -0.117. The maximum Gasteiger partial charge on any atom is 0.252 e. The Morgan fingerprint density at radius 2 is 2.04 bits per heavy atom. The summed E-state index contributed by atoms with van der Waals surface area (Å²) in [5.74, 6) is -0.117. The molecule has 2 aromatic heterocycles. The Morgan fingerprint density at radius 1 is 1.25 bits per heavy atom. The van der Waals surface area contributed by atoms with Crippen molar-refractivity contribution in [1.29, 1.82) is 0 Å². The standard InChI is InChI=1S/C18H22N4O2/c1-21-12-14(5-6-17(21)23)18(24)20-15-7-10-22(11-8-15)13-16-4-2-3-9-19-16/h2-6,9,12,15H,7-8,10-11,13H2,1H3,(H,20,24). The van der Waals surface area contributed by atoms with E-state index in [4.69, 9.17) is 0 Å². The smallest absolute Gasteiger partial charge is 0.252 e. The van der Waals surface area contributed by atoms with Crippen molar-refractivity contribution in [2.45, 2.75) is 25.4 Å². The molecule has 24 heavy (non-hydrogen) atoms. The maximum atomic E-state index is 12.3. The first-order valence-electron chi connectivity index (χ1n) is 8.21. The second kappa shape index (κ2) is 7.40. The number of carbonyl (C=O) groups excluding carboxylic acids is 1. The molecule has 0 radical (unpaired) electrons. The molecular weight excluding hydrogens is 304 g/mol. The van der Waals surface area contributed by atoms with Crippen molar-refractivity contribution < 1.29 is 4.79 Å². The Hall–Kier alpha value is -2.47. The molecule has 3 heterocycles. The molecule has 1 N–H and O–H groups in total. The van der Waals surface area contributed by atoms with E-state index in [0.29, 0.717) is 5.56 Å². The molecule has 0 unspecified atom stereocenters. The molecular formula is C18H22N4O2. The first-order valence-corrected chi connectivity index (χ1v) is 8.21. The fourth-order valence-corrected chi connectivity index (χ4v) is 2.95. The molecule has 0 spiro atoms. The van der Waals surface area contributed by atoms with E-state index in [1.54, 1.807) is 19.3 Å². The monoisotopic (exact) mass is 326 g/mol. The molecule has 6 nitrogen and oxygen atoms in total. The van der Waals surface area contributed by atoms with Crippen LogP contribution < -0.4 is 10.9 Å². The predicted molar refractivity (Wildman–Crippen MR) is 91.7 cm³/mol. The number of likely N-dealkylation sites (tertiary alicyclic amines) is 1. The zero-order chi connectivity index (χ0) is 16.9. The van der Waals surface area contributed by atoms with Crippen molar-refractivity contribution in [2.24, 2.45) is 7.05 Å². The Balaban J connectivity index is 1.50. The summed E-state index contributed by atoms with van der Waals surface area (Å²) in [7, 11) is 1.65. The minimum absolute atomic E-state index is 0.116. The van der Waals surface area contributed by atoms with Gasteiger partial charge in [-0.15, -0.1) is 0 Å². The second-order valence-electron chi connectivity index (χ2n) is 6.21. The normalized spacial score (nSPS) is 16.0. The number of rotatable bonds is 4. The SMILES string of the molecule is Cn1cc(C(=O)NC2CCN(Cc3ccccn3)CC2)ccc1=O. The fraction of sp³-hybridized carbons (Fsp3) is 0.389. The Kier molecular flexibility index (Phi) is 5.05. The summed E-state index contributed by atoms with van der Waals surface area (Å²) in [5, 5.41) is 3.07. The van der Waals surface area contributed by atoms with Gasteiger partial charge in [-0.25, -0.2) is 0 Å². The van der Waals surface area contributed by atoms with E-state index in [1.165, 1.54) is 10.6 Å². The molecule has 0 aliphatic carbocycles. The minimum Gasteiger partial charge on any atom is -0.349 e. The van der Waals surface area contributed by atoms with Crippen LogP contribution in [0, 0.1) is 0 Å². The summed E-state index contributed by atoms with van der Waals surface area (Å²) in [6.45, 7) is 2.73. The lowest BCUT2D eigenvalue weighted by atomic mass is 10.0. The number of nitrogens with zero attached hydrogens (tertiary/aromatic N) is 3. The first kappa shape index (κ1) is 16.4. The second-order valence-corrected chi connectivity index (χ2v) is 6.21. The van der Waals surface area contributed by atoms with Gasteiger partial charge >= 0.3 is 0 Å². The highest BCUT2D eigenvalue weighted by molar-refractivity contribution is 5.94. The number of nitrogens with one attached hydrogen (secondary N) is 1. The van der Waals surface area contributed by atoms with Crippen molar-refractivity contribution in [3.63, 3.8) is 0 Å². The van der Waals surface area contributed by atoms with Gasteiger partial charge < -0.3 is 9.88 Å². The van der Waals surface area contributed by atoms with E-state index in [1.807, 2.05) is 24.4 Å². The molecule has 1 fully saturated rings. The molecule has 2 aromatic rings. The summed E-state index contributed by atoms with van der Waals surface area (Å²) in [4.78, 5) is 30.4. The highest BCUT2D eigenvalue weighted by Crippen LogP contribution is 2.13. The molecule has 0 saturated carbocycles. The predicted octanol–water partition coefficient (Wildman–Crippen LogP) is 1.17. The average Bonchev–Trinajstić information content (AvgIpc) is 2.60. The number of amides is 1. The molecule has 0 aromatic carbocycles. The van der Waals surface area contributed by atoms with Crippen LogP contribution in [0.1, 0.15) is 28.9 Å². The number of pyridine rings is 2. The van der Waals surface area contributed by atoms with Crippen molar-refractivity contribution in [2.75, 3.05) is 13.1 Å². The zero-order valence-electron chi connectivity index (χ0n) is 13.8. The summed E-state index contributed by atoms with van der Waals surface area (Å²) >= 11 is 0. The lowest BCUT2D eigenvalue weighted by Gasteiger charge is -2.32. The van der Waals surface area contributed by atoms with Crippen molar-refractivity contribution >= 4 is 5.91 Å². The Bertz CT molecular complexity index is 749. The summed E-state index contributed by atoms with van der Waals surface area (Å²) in [6.07, 6.45) is 5.23. The van der Waals surface area contributed by atoms with Crippen LogP contribution in [0.25, 0.3) is 0 Å². The lowest BCUT2D eigenvalue weighted by molar-refractivity contribution is 0.0907. The van der Waals surface area contributed by atoms with Crippen LogP contribution >= 0.6 is 0 Å². The molecule has 1 saturated heterocycles. The largest absolute Gasteiger partial charge is 0.349 e. The Morgan fingerprint density at radius 3 is 2.71 bits per heavy atom. The maximum absolute atomic E-state index is 12.3. The van der Waals surface area contributed by atoms with Gasteiger partial charge in [-0.1, -0.05) is 6.07 Å². The van der Waals surface area contributed by atoms with E-state index >= 15 is 0 Å². The molecule has 1 aliphatic heterocycles. The third-order valence-corrected chi connectivity index (χ3v) is 4.38. The van der Waals surface area contributed by atoms with Gasteiger partial charge in [-0.2, -0.15) is 0 Å². The lowest BCUT2D eigenvalue weighted by Crippen LogP contribution is -2.44. The van der Waals surface area contributed by atoms with Gasteiger partial charge in [0.2, 0.25) is 5.56 Å². The average molecular weight is 326 g/mol. The van der Waals surface area contributed by atoms with Crippen molar-refractivity contribution in [1.82, 2.24) is 19.8 Å². The van der Waals surface area contributed by atoms with E-state index in [9.17, 15) is 9.59 Å². The van der Waals surface area contributed by atoms with Gasteiger partial charge in [0.05, 0.1) is 11.3 Å². The van der Waals surface area contributed by atoms with Crippen LogP contribution in [0.5, 0.6) is 0 Å². The molecule has 0 bridgehead atoms. The molecule has 6 heteroatoms. The summed E-state index contributed by atoms with van der Waals surface area (Å²) in [5.41, 5.74) is 1.48. The summed E-state index contributed by atoms with van der Waals surface area (Å²) in [6, 6.07) is 9.13. The number of hydrogen-bond donors (Lipinski definition) is 1. The van der Waals surface area contributed by atoms with Gasteiger partial charge in [-0.05, 0) is 31.0 Å². The van der Waals surface area contributed by atoms with Gasteiger partial charge in [-0.3, -0.25) is 19.5 Å². The van der Waals surface area contributed by atoms with E-state index in [2.05, 4.69) is 15.2 Å². The quantitative estimate of drug-likeness (QED) is 0.916. The van der Waals surface area contributed by atoms with Crippen LogP contribution in [0.15, 0.2) is 47.5 Å². The molecule has 1 amide bonds. The third kappa shape index (κ3) is 4.08. The zero-order valence-corrected chi connectivity index (χ0v) is 13.8. The van der Waals surface area contributed by atoms with Crippen LogP contribution in [-0.2, 0) is 13.6 Å². The third-order valence-electron chi connectivity index (χ3n) is 4.38. The van der Waals surface area contributed by atoms with Crippen molar-refractivity contribution in [3.05, 3.63) is 64.3 Å². The first-order chi connectivity index (χ1) is 11.6. The van der Waals surface area contributed by atoms with Crippen molar-refractivity contribution in [3.8, 4) is 0 Å². The van der Waals surface area contributed by atoms with E-state index in [0.717, 1.165) is 38.2 Å². The number of carbonyl (C=O) groups is 1. The molecule has 1 aliphatic rings. The fourth-order valence-electron chi connectivity index (χ4n) is 2.95. The van der Waals surface area contributed by atoms with E-state index < -0.39 is 0 Å². The Labute approximate surface area is 141 Å². The van der Waals surface area contributed by atoms with Crippen LogP contribution in [0.2, 0.25) is 0 Å². The van der Waals surface area contributed by atoms with Gasteiger partial charge in [0.15, 0.2) is 0 Å². The summed E-state index contributed by atoms with van der Waals surface area (Å²) < 4.78 is 1.42. The molecule has 0 atom stereocenters. The van der Waals surface area contributed by atoms with E-state index in [-0.39, 0.29) is 17.5 Å². The van der Waals surface area contributed by atoms with Gasteiger partial charge in [0.1, 0.15) is 0 Å². The number of aromatic nitrogens is 2. The molecule has 126 valence electrons. The molecule has 3 rings (SSSR count). The van der Waals surface area contributed by atoms with Crippen LogP contribution in [0.3, 0.4) is 0 Å². The highest BCUT2D eigenvalue weighted by atomic mass is 16.2. The number of aryl methyl sites for hydroxylation is 1. The van der Waals surface area contributed by atoms with Crippen LogP contribution in [-0.4, -0.2) is 39.5 Å². The van der Waals surface area contributed by atoms with Gasteiger partial charge in [0.25, 0.3) is 5.91 Å². The topological polar surface area (TPSA) is 67.2 Å². The number of hydrogen-bond acceptors (Lipinski definition) is 4. The van der Waals surface area contributed by atoms with Gasteiger partial charge in [0, 0.05) is 51.2 Å². The number of piperidine rings is 1. The van der Waals surface area contributed by atoms with Crippen LogP contribution in [0.4, 0.5) is 0 Å².